The molecule has 2 aliphatic rings. The molecule has 2 aliphatic heterocycles. The van der Waals surface area contributed by atoms with E-state index in [-0.39, 0.29) is 6.10 Å². The lowest BCUT2D eigenvalue weighted by molar-refractivity contribution is 0.00529. The van der Waals surface area contributed by atoms with Crippen molar-refractivity contribution < 1.29 is 9.84 Å². The number of hydrogen-bond donors (Lipinski definition) is 1. The van der Waals surface area contributed by atoms with Crippen molar-refractivity contribution in [3.8, 4) is 0 Å². The maximum Gasteiger partial charge on any atom is 0.147 e. The molecule has 0 spiro atoms. The Morgan fingerprint density at radius 3 is 2.70 bits per heavy atom. The lowest BCUT2D eigenvalue weighted by Gasteiger charge is -2.31. The molecule has 2 fully saturated rings. The van der Waals surface area contributed by atoms with Gasteiger partial charge in [-0.05, 0) is 33.2 Å². The molecule has 0 radical (unpaired) electrons. The van der Waals surface area contributed by atoms with E-state index in [0.29, 0.717) is 6.04 Å². The third-order valence-electron chi connectivity index (χ3n) is 4.86. The molecule has 7 nitrogen and oxygen atoms in total. The van der Waals surface area contributed by atoms with Gasteiger partial charge in [0, 0.05) is 32.2 Å². The van der Waals surface area contributed by atoms with E-state index in [1.807, 2.05) is 18.5 Å². The minimum absolute atomic E-state index is 0.299. The Bertz CT molecular complexity index is 501. The van der Waals surface area contributed by atoms with Gasteiger partial charge in [-0.25, -0.2) is 9.67 Å². The summed E-state index contributed by atoms with van der Waals surface area (Å²) in [5, 5.41) is 14.9. The normalized spacial score (nSPS) is 25.1. The molecule has 0 amide bonds. The van der Waals surface area contributed by atoms with Crippen molar-refractivity contribution in [1.29, 1.82) is 0 Å². The van der Waals surface area contributed by atoms with Crippen molar-refractivity contribution in [3.63, 3.8) is 0 Å². The summed E-state index contributed by atoms with van der Waals surface area (Å²) in [6.07, 6.45) is 2.07. The number of aromatic nitrogens is 3. The van der Waals surface area contributed by atoms with Crippen LogP contribution in [0.3, 0.4) is 0 Å². The Balaban J connectivity index is 1.51. The van der Waals surface area contributed by atoms with Gasteiger partial charge in [0.05, 0.1) is 25.9 Å². The van der Waals surface area contributed by atoms with Crippen molar-refractivity contribution in [3.05, 3.63) is 11.6 Å². The predicted molar refractivity (Wildman–Crippen MR) is 87.4 cm³/mol. The van der Waals surface area contributed by atoms with Gasteiger partial charge in [-0.3, -0.25) is 9.80 Å². The van der Waals surface area contributed by atoms with Crippen LogP contribution in [0.2, 0.25) is 0 Å². The number of rotatable bonds is 6. The molecule has 0 aromatic carbocycles. The fourth-order valence-corrected chi connectivity index (χ4v) is 3.69. The molecule has 2 saturated heterocycles. The van der Waals surface area contributed by atoms with Crippen LogP contribution in [-0.2, 0) is 11.3 Å². The van der Waals surface area contributed by atoms with Crippen LogP contribution in [0.1, 0.15) is 24.5 Å². The Hall–Kier alpha value is -1.02. The first-order chi connectivity index (χ1) is 11.1. The molecule has 1 N–H and O–H groups in total. The minimum Gasteiger partial charge on any atom is -0.390 e. The van der Waals surface area contributed by atoms with Crippen molar-refractivity contribution in [2.75, 3.05) is 45.9 Å². The highest BCUT2D eigenvalue weighted by atomic mass is 16.5. The summed E-state index contributed by atoms with van der Waals surface area (Å²) in [6, 6.07) is 0.453. The SMILES string of the molecule is Cc1nc(C)n(C[C@@H]2CCCN2C[C@@H](O)CN2CCOCC2)n1. The number of ether oxygens (including phenoxy) is 1. The topological polar surface area (TPSA) is 66.7 Å². The summed E-state index contributed by atoms with van der Waals surface area (Å²) in [4.78, 5) is 9.10. The highest BCUT2D eigenvalue weighted by Gasteiger charge is 2.28. The van der Waals surface area contributed by atoms with E-state index in [2.05, 4.69) is 19.9 Å². The van der Waals surface area contributed by atoms with Gasteiger partial charge < -0.3 is 9.84 Å². The second kappa shape index (κ2) is 7.70. The van der Waals surface area contributed by atoms with Crippen molar-refractivity contribution in [2.45, 2.75) is 45.4 Å². The number of aliphatic hydroxyl groups is 1. The molecule has 3 rings (SSSR count). The van der Waals surface area contributed by atoms with Crippen molar-refractivity contribution in [1.82, 2.24) is 24.6 Å². The van der Waals surface area contributed by atoms with Crippen LogP contribution in [0.5, 0.6) is 0 Å². The summed E-state index contributed by atoms with van der Waals surface area (Å²) < 4.78 is 7.37. The summed E-state index contributed by atoms with van der Waals surface area (Å²) in [5.41, 5.74) is 0. The number of morpholine rings is 1. The average molecular weight is 323 g/mol. The molecular weight excluding hydrogens is 294 g/mol. The molecule has 1 aromatic rings. The third-order valence-corrected chi connectivity index (χ3v) is 4.86. The standard InChI is InChI=1S/C16H29N5O2/c1-13-17-14(2)21(18-13)10-15-4-3-5-20(15)12-16(22)11-19-6-8-23-9-7-19/h15-16,22H,3-12H2,1-2H3/t15-,16-/m0/s1. The summed E-state index contributed by atoms with van der Waals surface area (Å²) in [6.45, 7) is 10.8. The summed E-state index contributed by atoms with van der Waals surface area (Å²) in [7, 11) is 0. The zero-order chi connectivity index (χ0) is 16.2. The van der Waals surface area contributed by atoms with Gasteiger partial charge in [-0.2, -0.15) is 5.10 Å². The first-order valence-corrected chi connectivity index (χ1v) is 8.72. The summed E-state index contributed by atoms with van der Waals surface area (Å²) >= 11 is 0. The van der Waals surface area contributed by atoms with Crippen molar-refractivity contribution in [2.24, 2.45) is 0 Å². The van der Waals surface area contributed by atoms with Gasteiger partial charge >= 0.3 is 0 Å². The molecule has 0 unspecified atom stereocenters. The lowest BCUT2D eigenvalue weighted by Crippen LogP contribution is -2.46. The van der Waals surface area contributed by atoms with E-state index in [4.69, 9.17) is 4.74 Å². The van der Waals surface area contributed by atoms with Crippen molar-refractivity contribution >= 4 is 0 Å². The quantitative estimate of drug-likeness (QED) is 0.798. The molecule has 2 atom stereocenters. The maximum absolute atomic E-state index is 10.4. The second-order valence-electron chi connectivity index (χ2n) is 6.75. The van der Waals surface area contributed by atoms with E-state index < -0.39 is 0 Å². The number of hydrogen-bond acceptors (Lipinski definition) is 6. The zero-order valence-corrected chi connectivity index (χ0v) is 14.3. The van der Waals surface area contributed by atoms with E-state index in [9.17, 15) is 5.11 Å². The van der Waals surface area contributed by atoms with Crippen LogP contribution >= 0.6 is 0 Å². The Morgan fingerprint density at radius 1 is 1.22 bits per heavy atom. The van der Waals surface area contributed by atoms with Crippen LogP contribution in [0.15, 0.2) is 0 Å². The van der Waals surface area contributed by atoms with E-state index in [1.54, 1.807) is 0 Å². The number of aryl methyl sites for hydroxylation is 2. The van der Waals surface area contributed by atoms with Gasteiger partial charge in [0.2, 0.25) is 0 Å². The Labute approximate surface area is 138 Å². The zero-order valence-electron chi connectivity index (χ0n) is 14.3. The summed E-state index contributed by atoms with van der Waals surface area (Å²) in [5.74, 6) is 1.81. The average Bonchev–Trinajstić information content (AvgIpc) is 3.07. The highest BCUT2D eigenvalue weighted by Crippen LogP contribution is 2.19. The highest BCUT2D eigenvalue weighted by molar-refractivity contribution is 4.90. The Morgan fingerprint density at radius 2 is 2.00 bits per heavy atom. The number of likely N-dealkylation sites (tertiary alicyclic amines) is 1. The molecule has 3 heterocycles. The molecule has 0 bridgehead atoms. The molecule has 130 valence electrons. The minimum atomic E-state index is -0.299. The van der Waals surface area contributed by atoms with Crippen LogP contribution < -0.4 is 0 Å². The number of nitrogens with zero attached hydrogens (tertiary/aromatic N) is 5. The molecule has 1 aromatic heterocycles. The first kappa shape index (κ1) is 16.8. The smallest absolute Gasteiger partial charge is 0.147 e. The van der Waals surface area contributed by atoms with Crippen LogP contribution in [0, 0.1) is 13.8 Å². The van der Waals surface area contributed by atoms with Gasteiger partial charge in [0.1, 0.15) is 11.6 Å². The lowest BCUT2D eigenvalue weighted by atomic mass is 10.2. The van der Waals surface area contributed by atoms with Crippen LogP contribution in [0.4, 0.5) is 0 Å². The fourth-order valence-electron chi connectivity index (χ4n) is 3.69. The van der Waals surface area contributed by atoms with Gasteiger partial charge in [-0.1, -0.05) is 0 Å². The van der Waals surface area contributed by atoms with E-state index >= 15 is 0 Å². The Kier molecular flexibility index (Phi) is 5.63. The van der Waals surface area contributed by atoms with E-state index in [0.717, 1.165) is 64.1 Å². The monoisotopic (exact) mass is 323 g/mol. The van der Waals surface area contributed by atoms with Crippen LogP contribution in [-0.4, -0.2) is 87.8 Å². The second-order valence-corrected chi connectivity index (χ2v) is 6.75. The van der Waals surface area contributed by atoms with Gasteiger partial charge in [-0.15, -0.1) is 0 Å². The molecule has 23 heavy (non-hydrogen) atoms. The number of aliphatic hydroxyl groups excluding tert-OH is 1. The van der Waals surface area contributed by atoms with Crippen LogP contribution in [0.25, 0.3) is 0 Å². The molecular formula is C16H29N5O2. The molecule has 0 aliphatic carbocycles. The largest absolute Gasteiger partial charge is 0.390 e. The van der Waals surface area contributed by atoms with Gasteiger partial charge in [0.25, 0.3) is 0 Å². The molecule has 7 heteroatoms. The van der Waals surface area contributed by atoms with Gasteiger partial charge in [0.15, 0.2) is 0 Å². The first-order valence-electron chi connectivity index (χ1n) is 8.72. The predicted octanol–water partition coefficient (Wildman–Crippen LogP) is 0.0524. The molecule has 0 saturated carbocycles. The fraction of sp³-hybridized carbons (Fsp3) is 0.875. The van der Waals surface area contributed by atoms with E-state index in [1.165, 1.54) is 12.8 Å². The maximum atomic E-state index is 10.4. The number of β-amino-alcohol motifs (C(OH)–C–C–N with tert-alkyl or cyclic N) is 1. The third kappa shape index (κ3) is 4.50.